The van der Waals surface area contributed by atoms with Crippen LogP contribution >= 0.6 is 0 Å². The molecule has 0 saturated carbocycles. The third kappa shape index (κ3) is 3.76. The van der Waals surface area contributed by atoms with Crippen LogP contribution in [0.5, 0.6) is 11.5 Å². The van der Waals surface area contributed by atoms with E-state index >= 15 is 0 Å². The first-order valence-corrected chi connectivity index (χ1v) is 7.19. The van der Waals surface area contributed by atoms with Crippen LogP contribution < -0.4 is 9.47 Å². The summed E-state index contributed by atoms with van der Waals surface area (Å²) in [4.78, 5) is 11.5. The molecule has 1 N–H and O–H groups in total. The van der Waals surface area contributed by atoms with Crippen molar-refractivity contribution in [2.45, 2.75) is 26.3 Å². The summed E-state index contributed by atoms with van der Waals surface area (Å²) < 4.78 is 46.2. The number of aromatic amines is 1. The van der Waals surface area contributed by atoms with Crippen LogP contribution in [0.4, 0.5) is 13.2 Å². The van der Waals surface area contributed by atoms with Gasteiger partial charge in [0, 0.05) is 6.07 Å². The molecule has 0 aliphatic rings. The first-order chi connectivity index (χ1) is 11.3. The molecule has 2 heterocycles. The van der Waals surface area contributed by atoms with Gasteiger partial charge in [0.2, 0.25) is 0 Å². The van der Waals surface area contributed by atoms with Gasteiger partial charge in [0.05, 0.1) is 23.3 Å². The molecule has 0 saturated heterocycles. The molecule has 0 fully saturated rings. The lowest BCUT2D eigenvalue weighted by molar-refractivity contribution is -0.274. The number of fused-ring (bicyclic) bond motifs is 1. The first kappa shape index (κ1) is 16.1. The number of H-pyrrole nitrogens is 1. The number of ether oxygens (including phenoxy) is 2. The number of aromatic nitrogens is 3. The Hall–Kier alpha value is -2.77. The van der Waals surface area contributed by atoms with Crippen molar-refractivity contribution < 1.29 is 22.6 Å². The third-order valence-electron chi connectivity index (χ3n) is 3.04. The fourth-order valence-corrected chi connectivity index (χ4v) is 2.17. The summed E-state index contributed by atoms with van der Waals surface area (Å²) >= 11 is 0. The second-order valence-corrected chi connectivity index (χ2v) is 5.36. The molecular formula is C16H14F3N3O2. The van der Waals surface area contributed by atoms with Crippen LogP contribution in [0.25, 0.3) is 22.6 Å². The zero-order valence-corrected chi connectivity index (χ0v) is 12.9. The molecule has 0 aliphatic heterocycles. The standard InChI is InChI=1S/C16H14F3N3O2/c1-9(2)23-11-4-6-13(20-8-11)15-21-12-5-3-10(7-14(12)22-15)24-16(17,18)19/h3-9H,1-2H3,(H,21,22). The molecule has 1 aromatic carbocycles. The number of benzene rings is 1. The molecule has 0 spiro atoms. The molecule has 2 aromatic heterocycles. The van der Waals surface area contributed by atoms with Crippen molar-refractivity contribution in [3.05, 3.63) is 36.5 Å². The van der Waals surface area contributed by atoms with Gasteiger partial charge in [-0.3, -0.25) is 0 Å². The zero-order chi connectivity index (χ0) is 17.3. The van der Waals surface area contributed by atoms with E-state index in [0.717, 1.165) is 0 Å². The van der Waals surface area contributed by atoms with Gasteiger partial charge in [0.15, 0.2) is 5.82 Å². The minimum absolute atomic E-state index is 0.0379. The summed E-state index contributed by atoms with van der Waals surface area (Å²) in [6, 6.07) is 7.39. The van der Waals surface area contributed by atoms with Gasteiger partial charge in [-0.2, -0.15) is 0 Å². The Bertz CT molecular complexity index is 842. The Labute approximate surface area is 135 Å². The maximum atomic E-state index is 12.3. The van der Waals surface area contributed by atoms with Crippen LogP contribution in [-0.2, 0) is 0 Å². The number of imidazole rings is 1. The molecule has 8 heteroatoms. The number of alkyl halides is 3. The molecule has 126 valence electrons. The molecule has 24 heavy (non-hydrogen) atoms. The largest absolute Gasteiger partial charge is 0.573 e. The predicted octanol–water partition coefficient (Wildman–Crippen LogP) is 4.31. The van der Waals surface area contributed by atoms with Crippen LogP contribution in [0.1, 0.15) is 13.8 Å². The molecule has 0 unspecified atom stereocenters. The van der Waals surface area contributed by atoms with E-state index in [1.54, 1.807) is 18.3 Å². The lowest BCUT2D eigenvalue weighted by Gasteiger charge is -2.08. The molecule has 3 aromatic rings. The quantitative estimate of drug-likeness (QED) is 0.771. The molecule has 0 aliphatic carbocycles. The summed E-state index contributed by atoms with van der Waals surface area (Å²) in [5, 5.41) is 0. The van der Waals surface area contributed by atoms with Gasteiger partial charge in [-0.15, -0.1) is 13.2 Å². The number of nitrogens with zero attached hydrogens (tertiary/aromatic N) is 2. The van der Waals surface area contributed by atoms with Crippen molar-refractivity contribution in [3.63, 3.8) is 0 Å². The van der Waals surface area contributed by atoms with Crippen LogP contribution in [0.15, 0.2) is 36.5 Å². The number of rotatable bonds is 4. The van der Waals surface area contributed by atoms with Crippen molar-refractivity contribution in [2.24, 2.45) is 0 Å². The Morgan fingerprint density at radius 1 is 1.08 bits per heavy atom. The normalized spacial score (nSPS) is 11.9. The predicted molar refractivity (Wildman–Crippen MR) is 81.8 cm³/mol. The van der Waals surface area contributed by atoms with E-state index in [0.29, 0.717) is 28.3 Å². The second kappa shape index (κ2) is 6.03. The van der Waals surface area contributed by atoms with Crippen LogP contribution in [0.2, 0.25) is 0 Å². The summed E-state index contributed by atoms with van der Waals surface area (Å²) in [7, 11) is 0. The number of nitrogens with one attached hydrogen (secondary N) is 1. The van der Waals surface area contributed by atoms with Crippen molar-refractivity contribution >= 4 is 11.0 Å². The van der Waals surface area contributed by atoms with Crippen LogP contribution in [0, 0.1) is 0 Å². The average Bonchev–Trinajstić information content (AvgIpc) is 2.88. The van der Waals surface area contributed by atoms with Crippen LogP contribution in [0.3, 0.4) is 0 Å². The van der Waals surface area contributed by atoms with Gasteiger partial charge >= 0.3 is 6.36 Å². The lowest BCUT2D eigenvalue weighted by atomic mass is 10.3. The Balaban J connectivity index is 1.87. The smallest absolute Gasteiger partial charge is 0.489 e. The number of hydrogen-bond donors (Lipinski definition) is 1. The first-order valence-electron chi connectivity index (χ1n) is 7.19. The summed E-state index contributed by atoms with van der Waals surface area (Å²) in [6.07, 6.45) is -3.12. The molecule has 5 nitrogen and oxygen atoms in total. The zero-order valence-electron chi connectivity index (χ0n) is 12.9. The van der Waals surface area contributed by atoms with Gasteiger partial charge in [-0.25, -0.2) is 9.97 Å². The Morgan fingerprint density at radius 3 is 2.46 bits per heavy atom. The fourth-order valence-electron chi connectivity index (χ4n) is 2.17. The number of hydrogen-bond acceptors (Lipinski definition) is 4. The van der Waals surface area contributed by atoms with Crippen molar-refractivity contribution in [1.82, 2.24) is 15.0 Å². The highest BCUT2D eigenvalue weighted by molar-refractivity contribution is 5.80. The van der Waals surface area contributed by atoms with Gasteiger partial charge in [0.25, 0.3) is 0 Å². The minimum atomic E-state index is -4.73. The molecule has 0 radical (unpaired) electrons. The van der Waals surface area contributed by atoms with E-state index in [1.807, 2.05) is 13.8 Å². The van der Waals surface area contributed by atoms with E-state index in [4.69, 9.17) is 4.74 Å². The van der Waals surface area contributed by atoms with E-state index in [-0.39, 0.29) is 11.9 Å². The molecule has 3 rings (SSSR count). The van der Waals surface area contributed by atoms with E-state index in [2.05, 4.69) is 19.7 Å². The fraction of sp³-hybridized carbons (Fsp3) is 0.250. The summed E-state index contributed by atoms with van der Waals surface area (Å²) in [6.45, 7) is 3.82. The highest BCUT2D eigenvalue weighted by Crippen LogP contribution is 2.27. The maximum absolute atomic E-state index is 12.3. The average molecular weight is 337 g/mol. The number of halogens is 3. The lowest BCUT2D eigenvalue weighted by Crippen LogP contribution is -2.16. The monoisotopic (exact) mass is 337 g/mol. The summed E-state index contributed by atoms with van der Waals surface area (Å²) in [5.74, 6) is 0.773. The highest BCUT2D eigenvalue weighted by Gasteiger charge is 2.31. The minimum Gasteiger partial charge on any atom is -0.489 e. The Morgan fingerprint density at radius 2 is 1.83 bits per heavy atom. The van der Waals surface area contributed by atoms with E-state index in [1.165, 1.54) is 18.2 Å². The molecule has 0 amide bonds. The van der Waals surface area contributed by atoms with Crippen molar-refractivity contribution in [1.29, 1.82) is 0 Å². The molecule has 0 atom stereocenters. The summed E-state index contributed by atoms with van der Waals surface area (Å²) in [5.41, 5.74) is 1.50. The van der Waals surface area contributed by atoms with Crippen molar-refractivity contribution in [3.8, 4) is 23.0 Å². The SMILES string of the molecule is CC(C)Oc1ccc(-c2nc3ccc(OC(F)(F)F)cc3[nH]2)nc1. The maximum Gasteiger partial charge on any atom is 0.573 e. The van der Waals surface area contributed by atoms with Gasteiger partial charge in [-0.05, 0) is 38.1 Å². The molecule has 0 bridgehead atoms. The Kier molecular flexibility index (Phi) is 4.04. The second-order valence-electron chi connectivity index (χ2n) is 5.36. The van der Waals surface area contributed by atoms with Crippen molar-refractivity contribution in [2.75, 3.05) is 0 Å². The van der Waals surface area contributed by atoms with Gasteiger partial charge in [-0.1, -0.05) is 0 Å². The third-order valence-corrected chi connectivity index (χ3v) is 3.04. The topological polar surface area (TPSA) is 60.0 Å². The van der Waals surface area contributed by atoms with E-state index < -0.39 is 6.36 Å². The highest BCUT2D eigenvalue weighted by atomic mass is 19.4. The number of pyridine rings is 1. The van der Waals surface area contributed by atoms with Crippen LogP contribution in [-0.4, -0.2) is 27.4 Å². The van der Waals surface area contributed by atoms with Gasteiger partial charge in [0.1, 0.15) is 17.2 Å². The molecular weight excluding hydrogens is 323 g/mol. The van der Waals surface area contributed by atoms with E-state index in [9.17, 15) is 13.2 Å². The van der Waals surface area contributed by atoms with Gasteiger partial charge < -0.3 is 14.5 Å².